The largest absolute Gasteiger partial charge is 0.416 e. The number of aromatic nitrogens is 1. The highest BCUT2D eigenvalue weighted by molar-refractivity contribution is 5.49. The maximum atomic E-state index is 12.9. The average molecular weight is 303 g/mol. The van der Waals surface area contributed by atoms with Crippen molar-refractivity contribution in [2.45, 2.75) is 38.5 Å². The van der Waals surface area contributed by atoms with Gasteiger partial charge in [0.15, 0.2) is 0 Å². The van der Waals surface area contributed by atoms with Gasteiger partial charge in [0.05, 0.1) is 11.7 Å². The predicted octanol–water partition coefficient (Wildman–Crippen LogP) is 3.51. The van der Waals surface area contributed by atoms with E-state index in [9.17, 15) is 13.2 Å². The lowest BCUT2D eigenvalue weighted by molar-refractivity contribution is -0.137. The second-order valence-electron chi connectivity index (χ2n) is 5.00. The van der Waals surface area contributed by atoms with Crippen LogP contribution in [0.5, 0.6) is 0 Å². The number of nitrogens with zero attached hydrogens (tertiary/aromatic N) is 1. The number of rotatable bonds is 6. The standard InChI is InChI=1S/C14H20F3N3O/c1-2-18-12-8-10(14(15,16)17)9-13(20-12)19-6-5-11-4-3-7-21-11/h8-9,11H,2-7H2,1H3,(H2,18,19,20). The maximum Gasteiger partial charge on any atom is 0.416 e. The minimum absolute atomic E-state index is 0.205. The molecular formula is C14H20F3N3O. The van der Waals surface area contributed by atoms with Gasteiger partial charge in [0.1, 0.15) is 11.6 Å². The molecule has 0 spiro atoms. The Balaban J connectivity index is 2.00. The van der Waals surface area contributed by atoms with Crippen LogP contribution in [0, 0.1) is 0 Å². The molecule has 1 unspecified atom stereocenters. The number of alkyl halides is 3. The van der Waals surface area contributed by atoms with Gasteiger partial charge in [0.2, 0.25) is 0 Å². The molecule has 7 heteroatoms. The monoisotopic (exact) mass is 303 g/mol. The fourth-order valence-electron chi connectivity index (χ4n) is 2.29. The first kappa shape index (κ1) is 15.9. The second-order valence-corrected chi connectivity index (χ2v) is 5.00. The highest BCUT2D eigenvalue weighted by Crippen LogP contribution is 2.32. The summed E-state index contributed by atoms with van der Waals surface area (Å²) in [5.74, 6) is 0.464. The highest BCUT2D eigenvalue weighted by Gasteiger charge is 2.31. The molecule has 2 heterocycles. The quantitative estimate of drug-likeness (QED) is 0.844. The van der Waals surface area contributed by atoms with E-state index in [1.54, 1.807) is 0 Å². The molecule has 21 heavy (non-hydrogen) atoms. The fraction of sp³-hybridized carbons (Fsp3) is 0.643. The van der Waals surface area contributed by atoms with E-state index in [1.165, 1.54) is 0 Å². The number of nitrogens with one attached hydrogen (secondary N) is 2. The molecule has 2 rings (SSSR count). The number of halogens is 3. The van der Waals surface area contributed by atoms with Crippen molar-refractivity contribution in [3.8, 4) is 0 Å². The zero-order valence-corrected chi connectivity index (χ0v) is 12.0. The van der Waals surface area contributed by atoms with Gasteiger partial charge in [-0.15, -0.1) is 0 Å². The number of pyridine rings is 1. The van der Waals surface area contributed by atoms with Crippen LogP contribution in [0.15, 0.2) is 12.1 Å². The first-order chi connectivity index (χ1) is 9.99. The zero-order valence-electron chi connectivity index (χ0n) is 12.0. The van der Waals surface area contributed by atoms with Gasteiger partial charge in [-0.1, -0.05) is 0 Å². The van der Waals surface area contributed by atoms with E-state index in [0.717, 1.165) is 38.0 Å². The van der Waals surface area contributed by atoms with Crippen LogP contribution in [0.4, 0.5) is 24.8 Å². The third-order valence-corrected chi connectivity index (χ3v) is 3.31. The van der Waals surface area contributed by atoms with Gasteiger partial charge in [-0.2, -0.15) is 13.2 Å². The van der Waals surface area contributed by atoms with Crippen LogP contribution >= 0.6 is 0 Å². The van der Waals surface area contributed by atoms with Gasteiger partial charge >= 0.3 is 6.18 Å². The molecule has 1 saturated heterocycles. The molecule has 1 atom stereocenters. The van der Waals surface area contributed by atoms with Crippen LogP contribution in [-0.2, 0) is 10.9 Å². The van der Waals surface area contributed by atoms with Gasteiger partial charge in [-0.25, -0.2) is 4.98 Å². The van der Waals surface area contributed by atoms with Crippen LogP contribution in [0.1, 0.15) is 31.7 Å². The summed E-state index contributed by atoms with van der Waals surface area (Å²) < 4.78 is 44.0. The molecule has 0 amide bonds. The number of hydrogen-bond acceptors (Lipinski definition) is 4. The summed E-state index contributed by atoms with van der Waals surface area (Å²) in [6, 6.07) is 2.06. The lowest BCUT2D eigenvalue weighted by Crippen LogP contribution is -2.15. The number of anilines is 2. The Labute approximate surface area is 122 Å². The Kier molecular flexibility index (Phi) is 5.27. The molecule has 4 nitrogen and oxygen atoms in total. The molecule has 1 aromatic rings. The normalized spacial score (nSPS) is 18.8. The molecule has 1 aliphatic heterocycles. The van der Waals surface area contributed by atoms with E-state index in [2.05, 4.69) is 15.6 Å². The molecule has 1 aromatic heterocycles. The summed E-state index contributed by atoms with van der Waals surface area (Å²) in [7, 11) is 0. The van der Waals surface area contributed by atoms with Gasteiger partial charge in [0.25, 0.3) is 0 Å². The van der Waals surface area contributed by atoms with E-state index < -0.39 is 11.7 Å². The molecule has 0 aliphatic carbocycles. The predicted molar refractivity (Wildman–Crippen MR) is 75.5 cm³/mol. The minimum Gasteiger partial charge on any atom is -0.378 e. The van der Waals surface area contributed by atoms with Crippen molar-refractivity contribution < 1.29 is 17.9 Å². The van der Waals surface area contributed by atoms with Gasteiger partial charge in [-0.3, -0.25) is 0 Å². The summed E-state index contributed by atoms with van der Waals surface area (Å²) in [6.45, 7) is 3.65. The van der Waals surface area contributed by atoms with Crippen molar-refractivity contribution >= 4 is 11.6 Å². The van der Waals surface area contributed by atoms with Crippen molar-refractivity contribution in [2.75, 3.05) is 30.3 Å². The fourth-order valence-corrected chi connectivity index (χ4v) is 2.29. The van der Waals surface area contributed by atoms with Gasteiger partial charge in [0, 0.05) is 19.7 Å². The summed E-state index contributed by atoms with van der Waals surface area (Å²) in [5.41, 5.74) is -0.701. The van der Waals surface area contributed by atoms with E-state index in [1.807, 2.05) is 6.92 Å². The molecule has 1 fully saturated rings. The molecule has 0 aromatic carbocycles. The molecule has 0 saturated carbocycles. The van der Waals surface area contributed by atoms with Crippen LogP contribution in [0.2, 0.25) is 0 Å². The number of ether oxygens (including phenoxy) is 1. The summed E-state index contributed by atoms with van der Waals surface area (Å²) in [4.78, 5) is 4.14. The van der Waals surface area contributed by atoms with Crippen LogP contribution in [0.3, 0.4) is 0 Å². The van der Waals surface area contributed by atoms with Gasteiger partial charge in [-0.05, 0) is 38.3 Å². The van der Waals surface area contributed by atoms with Gasteiger partial charge < -0.3 is 15.4 Å². The zero-order chi connectivity index (χ0) is 15.3. The summed E-state index contributed by atoms with van der Waals surface area (Å²) >= 11 is 0. The minimum atomic E-state index is -4.38. The molecule has 0 bridgehead atoms. The topological polar surface area (TPSA) is 46.2 Å². The van der Waals surface area contributed by atoms with E-state index in [-0.39, 0.29) is 17.7 Å². The highest BCUT2D eigenvalue weighted by atomic mass is 19.4. The summed E-state index contributed by atoms with van der Waals surface area (Å²) in [5, 5.41) is 5.77. The smallest absolute Gasteiger partial charge is 0.378 e. The molecular weight excluding hydrogens is 283 g/mol. The third kappa shape index (κ3) is 4.77. The maximum absolute atomic E-state index is 12.9. The lowest BCUT2D eigenvalue weighted by Gasteiger charge is -2.14. The molecule has 0 radical (unpaired) electrons. The Hall–Kier alpha value is -1.50. The lowest BCUT2D eigenvalue weighted by atomic mass is 10.2. The third-order valence-electron chi connectivity index (χ3n) is 3.31. The van der Waals surface area contributed by atoms with Crippen molar-refractivity contribution in [2.24, 2.45) is 0 Å². The SMILES string of the molecule is CCNc1cc(C(F)(F)F)cc(NCCC2CCCO2)n1. The van der Waals surface area contributed by atoms with Crippen molar-refractivity contribution in [1.82, 2.24) is 4.98 Å². The molecule has 1 aliphatic rings. The molecule has 118 valence electrons. The second kappa shape index (κ2) is 6.98. The first-order valence-electron chi connectivity index (χ1n) is 7.17. The summed E-state index contributed by atoms with van der Waals surface area (Å²) in [6.07, 6.45) is -1.33. The van der Waals surface area contributed by atoms with Crippen LogP contribution in [-0.4, -0.2) is 30.8 Å². The Morgan fingerprint density at radius 1 is 1.29 bits per heavy atom. The van der Waals surface area contributed by atoms with Crippen LogP contribution < -0.4 is 10.6 Å². The van der Waals surface area contributed by atoms with Crippen molar-refractivity contribution in [3.05, 3.63) is 17.7 Å². The first-order valence-corrected chi connectivity index (χ1v) is 7.17. The Morgan fingerprint density at radius 3 is 2.57 bits per heavy atom. The Bertz CT molecular complexity index is 459. The average Bonchev–Trinajstić information content (AvgIpc) is 2.91. The van der Waals surface area contributed by atoms with E-state index in [4.69, 9.17) is 4.74 Å². The van der Waals surface area contributed by atoms with E-state index in [0.29, 0.717) is 13.1 Å². The number of hydrogen-bond donors (Lipinski definition) is 2. The van der Waals surface area contributed by atoms with E-state index >= 15 is 0 Å². The van der Waals surface area contributed by atoms with Crippen molar-refractivity contribution in [1.29, 1.82) is 0 Å². The Morgan fingerprint density at radius 2 is 2.00 bits per heavy atom. The van der Waals surface area contributed by atoms with Crippen LogP contribution in [0.25, 0.3) is 0 Å². The molecule has 2 N–H and O–H groups in total. The van der Waals surface area contributed by atoms with Crippen molar-refractivity contribution in [3.63, 3.8) is 0 Å².